The van der Waals surface area contributed by atoms with Gasteiger partial charge in [-0.3, -0.25) is 9.59 Å². The molecule has 1 N–H and O–H groups in total. The second-order valence-corrected chi connectivity index (χ2v) is 6.95. The van der Waals surface area contributed by atoms with Crippen LogP contribution >= 0.6 is 0 Å². The Kier molecular flexibility index (Phi) is 4.33. The van der Waals surface area contributed by atoms with E-state index in [9.17, 15) is 14.0 Å². The molecule has 1 aliphatic heterocycles. The second-order valence-electron chi connectivity index (χ2n) is 6.95. The van der Waals surface area contributed by atoms with Crippen molar-refractivity contribution in [1.29, 1.82) is 0 Å². The van der Waals surface area contributed by atoms with Crippen molar-refractivity contribution in [2.45, 2.75) is 33.2 Å². The Labute approximate surface area is 146 Å². The lowest BCUT2D eigenvalue weighted by Crippen LogP contribution is -2.49. The van der Waals surface area contributed by atoms with Crippen LogP contribution in [0.1, 0.15) is 26.3 Å². The van der Waals surface area contributed by atoms with E-state index in [1.54, 1.807) is 24.8 Å². The van der Waals surface area contributed by atoms with Gasteiger partial charge in [-0.25, -0.2) is 4.39 Å². The van der Waals surface area contributed by atoms with Gasteiger partial charge in [-0.2, -0.15) is 0 Å². The molecule has 1 atom stereocenters. The van der Waals surface area contributed by atoms with Crippen molar-refractivity contribution in [3.05, 3.63) is 59.9 Å². The number of nitrogens with zero attached hydrogens (tertiary/aromatic N) is 1. The number of amides is 2. The van der Waals surface area contributed by atoms with Gasteiger partial charge >= 0.3 is 0 Å². The van der Waals surface area contributed by atoms with E-state index in [0.29, 0.717) is 5.69 Å². The highest BCUT2D eigenvalue weighted by Crippen LogP contribution is 2.35. The molecule has 0 spiro atoms. The predicted octanol–water partition coefficient (Wildman–Crippen LogP) is 3.77. The van der Waals surface area contributed by atoms with Gasteiger partial charge in [0.25, 0.3) is 0 Å². The number of carbonyl (C=O) groups is 2. The van der Waals surface area contributed by atoms with Crippen molar-refractivity contribution in [3.63, 3.8) is 0 Å². The topological polar surface area (TPSA) is 49.4 Å². The molecule has 0 saturated heterocycles. The number of rotatable bonds is 3. The zero-order chi connectivity index (χ0) is 18.2. The fraction of sp³-hybridized carbons (Fsp3) is 0.300. The summed E-state index contributed by atoms with van der Waals surface area (Å²) in [7, 11) is 0. The molecule has 0 aliphatic carbocycles. The third-order valence-electron chi connectivity index (χ3n) is 4.61. The smallest absolute Gasteiger partial charge is 0.242 e. The minimum Gasteiger partial charge on any atom is -0.325 e. The molecule has 3 rings (SSSR count). The summed E-state index contributed by atoms with van der Waals surface area (Å²) in [5, 5.41) is 2.64. The number of anilines is 2. The van der Waals surface area contributed by atoms with Crippen LogP contribution in [0.25, 0.3) is 0 Å². The maximum absolute atomic E-state index is 13.3. The number of para-hydroxylation sites is 1. The highest BCUT2D eigenvalue weighted by Gasteiger charge is 2.43. The first-order valence-corrected chi connectivity index (χ1v) is 8.29. The van der Waals surface area contributed by atoms with Crippen molar-refractivity contribution < 1.29 is 14.0 Å². The maximum atomic E-state index is 13.3. The first-order chi connectivity index (χ1) is 11.8. The normalized spacial score (nSPS) is 16.5. The van der Waals surface area contributed by atoms with Gasteiger partial charge in [0.1, 0.15) is 11.2 Å². The second kappa shape index (κ2) is 6.31. The van der Waals surface area contributed by atoms with Crippen LogP contribution in [0.4, 0.5) is 15.8 Å². The van der Waals surface area contributed by atoms with E-state index in [-0.39, 0.29) is 11.9 Å². The Balaban J connectivity index is 1.84. The van der Waals surface area contributed by atoms with E-state index >= 15 is 0 Å². The lowest BCUT2D eigenvalue weighted by Gasteiger charge is -2.31. The van der Waals surface area contributed by atoms with Crippen LogP contribution in [0.5, 0.6) is 0 Å². The molecule has 130 valence electrons. The van der Waals surface area contributed by atoms with Crippen molar-refractivity contribution >= 4 is 23.2 Å². The van der Waals surface area contributed by atoms with E-state index in [4.69, 9.17) is 0 Å². The summed E-state index contributed by atoms with van der Waals surface area (Å²) >= 11 is 0. The Morgan fingerprint density at radius 2 is 1.88 bits per heavy atom. The zero-order valence-electron chi connectivity index (χ0n) is 14.5. The average molecular weight is 340 g/mol. The average Bonchev–Trinajstić information content (AvgIpc) is 2.89. The molecule has 0 saturated carbocycles. The number of carbonyl (C=O) groups excluding carboxylic acids is 2. The highest BCUT2D eigenvalue weighted by molar-refractivity contribution is 6.15. The zero-order valence-corrected chi connectivity index (χ0v) is 14.5. The van der Waals surface area contributed by atoms with Crippen LogP contribution < -0.4 is 10.2 Å². The summed E-state index contributed by atoms with van der Waals surface area (Å²) in [5.74, 6) is -1.16. The van der Waals surface area contributed by atoms with E-state index in [1.165, 1.54) is 18.2 Å². The third-order valence-corrected chi connectivity index (χ3v) is 4.61. The number of fused-ring (bicyclic) bond motifs is 1. The summed E-state index contributed by atoms with van der Waals surface area (Å²) in [6, 6.07) is 13.4. The number of halogens is 1. The maximum Gasteiger partial charge on any atom is 0.242 e. The van der Waals surface area contributed by atoms with Gasteiger partial charge in [0.15, 0.2) is 0 Å². The number of hydrogen-bond acceptors (Lipinski definition) is 2. The number of hydrogen-bond donors (Lipinski definition) is 1. The van der Waals surface area contributed by atoms with Crippen LogP contribution in [-0.2, 0) is 16.0 Å². The summed E-state index contributed by atoms with van der Waals surface area (Å²) in [6.07, 6.45) is 0.767. The van der Waals surface area contributed by atoms with Crippen molar-refractivity contribution in [1.82, 2.24) is 0 Å². The summed E-state index contributed by atoms with van der Waals surface area (Å²) in [6.45, 7) is 5.16. The van der Waals surface area contributed by atoms with E-state index < -0.39 is 17.1 Å². The van der Waals surface area contributed by atoms with Crippen LogP contribution in [0, 0.1) is 11.2 Å². The van der Waals surface area contributed by atoms with Gasteiger partial charge < -0.3 is 10.2 Å². The molecule has 0 radical (unpaired) electrons. The molecule has 0 fully saturated rings. The van der Waals surface area contributed by atoms with E-state index in [2.05, 4.69) is 5.32 Å². The molecular weight excluding hydrogens is 319 g/mol. The molecule has 25 heavy (non-hydrogen) atoms. The molecule has 1 aliphatic rings. The minimum absolute atomic E-state index is 0.00820. The molecule has 1 heterocycles. The molecule has 2 amide bonds. The summed E-state index contributed by atoms with van der Waals surface area (Å²) in [4.78, 5) is 27.5. The van der Waals surface area contributed by atoms with Crippen molar-refractivity contribution in [2.24, 2.45) is 5.41 Å². The quantitative estimate of drug-likeness (QED) is 0.865. The van der Waals surface area contributed by atoms with E-state index in [0.717, 1.165) is 17.7 Å². The molecular formula is C20H21FN2O2. The summed E-state index contributed by atoms with van der Waals surface area (Å²) in [5.41, 5.74) is 1.01. The summed E-state index contributed by atoms with van der Waals surface area (Å²) < 4.78 is 13.3. The Bertz CT molecular complexity index is 832. The minimum atomic E-state index is -1.28. The lowest BCUT2D eigenvalue weighted by molar-refractivity contribution is -0.136. The van der Waals surface area contributed by atoms with Gasteiger partial charge in [-0.05, 0) is 57.0 Å². The Morgan fingerprint density at radius 1 is 1.16 bits per heavy atom. The standard InChI is InChI=1S/C20H21FN2O2/c1-13-11-14-7-4-5-10-17(14)23(13)19(25)20(2,3)18(24)22-16-9-6-8-15(21)12-16/h4-10,12-13H,11H2,1-3H3,(H,22,24). The molecule has 5 heteroatoms. The first kappa shape index (κ1) is 17.1. The number of nitrogens with one attached hydrogen (secondary N) is 1. The number of benzene rings is 2. The van der Waals surface area contributed by atoms with Crippen LogP contribution in [-0.4, -0.2) is 17.9 Å². The first-order valence-electron chi connectivity index (χ1n) is 8.29. The molecule has 0 bridgehead atoms. The fourth-order valence-electron chi connectivity index (χ4n) is 3.13. The van der Waals surface area contributed by atoms with Crippen LogP contribution in [0.2, 0.25) is 0 Å². The SMILES string of the molecule is CC1Cc2ccccc2N1C(=O)C(C)(C)C(=O)Nc1cccc(F)c1. The molecule has 1 unspecified atom stereocenters. The van der Waals surface area contributed by atoms with Crippen LogP contribution in [0.3, 0.4) is 0 Å². The predicted molar refractivity (Wildman–Crippen MR) is 95.9 cm³/mol. The fourth-order valence-corrected chi connectivity index (χ4v) is 3.13. The van der Waals surface area contributed by atoms with Gasteiger partial charge in [0.05, 0.1) is 0 Å². The molecule has 4 nitrogen and oxygen atoms in total. The largest absolute Gasteiger partial charge is 0.325 e. The molecule has 2 aromatic rings. The third kappa shape index (κ3) is 3.14. The van der Waals surface area contributed by atoms with E-state index in [1.807, 2.05) is 31.2 Å². The molecule has 0 aromatic heterocycles. The van der Waals surface area contributed by atoms with Crippen molar-refractivity contribution in [2.75, 3.05) is 10.2 Å². The van der Waals surface area contributed by atoms with Gasteiger partial charge in [0, 0.05) is 17.4 Å². The Hall–Kier alpha value is -2.69. The van der Waals surface area contributed by atoms with Crippen LogP contribution in [0.15, 0.2) is 48.5 Å². The highest BCUT2D eigenvalue weighted by atomic mass is 19.1. The monoisotopic (exact) mass is 340 g/mol. The van der Waals surface area contributed by atoms with Gasteiger partial charge in [-0.1, -0.05) is 24.3 Å². The van der Waals surface area contributed by atoms with Gasteiger partial charge in [0.2, 0.25) is 11.8 Å². The lowest BCUT2D eigenvalue weighted by atomic mass is 9.89. The van der Waals surface area contributed by atoms with Crippen molar-refractivity contribution in [3.8, 4) is 0 Å². The molecule has 2 aromatic carbocycles. The Morgan fingerprint density at radius 3 is 2.60 bits per heavy atom. The van der Waals surface area contributed by atoms with Gasteiger partial charge in [-0.15, -0.1) is 0 Å².